The summed E-state index contributed by atoms with van der Waals surface area (Å²) in [4.78, 5) is 2.40. The number of nitrogens with one attached hydrogen (secondary N) is 1. The van der Waals surface area contributed by atoms with Crippen LogP contribution in [-0.2, 0) is 6.42 Å². The first kappa shape index (κ1) is 12.9. The van der Waals surface area contributed by atoms with Gasteiger partial charge in [-0.3, -0.25) is 5.10 Å². The van der Waals surface area contributed by atoms with E-state index in [-0.39, 0.29) is 0 Å². The van der Waals surface area contributed by atoms with Crippen molar-refractivity contribution in [2.75, 3.05) is 26.7 Å². The monoisotopic (exact) mass is 247 g/mol. The average Bonchev–Trinajstić information content (AvgIpc) is 2.83. The fraction of sp³-hybridized carbons (Fsp3) is 0.500. The highest BCUT2D eigenvalue weighted by Crippen LogP contribution is 2.27. The standard InChI is InChI=1S/C14H21N3O/c1-4-17(5-2)10-9-12-14-11(15-16-12)7-6-8-13(14)18-3/h6-8H,4-5,9-10H2,1-3H3,(H,15,16). The van der Waals surface area contributed by atoms with Gasteiger partial charge in [-0.15, -0.1) is 0 Å². The van der Waals surface area contributed by atoms with Crippen molar-refractivity contribution in [2.24, 2.45) is 0 Å². The quantitative estimate of drug-likeness (QED) is 0.852. The van der Waals surface area contributed by atoms with Gasteiger partial charge in [-0.05, 0) is 25.2 Å². The largest absolute Gasteiger partial charge is 0.496 e. The van der Waals surface area contributed by atoms with Crippen LogP contribution in [0.15, 0.2) is 18.2 Å². The minimum atomic E-state index is 0.899. The topological polar surface area (TPSA) is 41.2 Å². The highest BCUT2D eigenvalue weighted by molar-refractivity contribution is 5.87. The number of aromatic amines is 1. The van der Waals surface area contributed by atoms with E-state index in [9.17, 15) is 0 Å². The van der Waals surface area contributed by atoms with Gasteiger partial charge in [0, 0.05) is 18.7 Å². The Labute approximate surface area is 108 Å². The van der Waals surface area contributed by atoms with Crippen molar-refractivity contribution in [2.45, 2.75) is 20.3 Å². The van der Waals surface area contributed by atoms with Gasteiger partial charge in [0.05, 0.1) is 18.0 Å². The minimum absolute atomic E-state index is 0.899. The Bertz CT molecular complexity index is 503. The van der Waals surface area contributed by atoms with Crippen LogP contribution in [0.1, 0.15) is 19.5 Å². The Kier molecular flexibility index (Phi) is 4.20. The lowest BCUT2D eigenvalue weighted by Crippen LogP contribution is -2.25. The van der Waals surface area contributed by atoms with Crippen molar-refractivity contribution in [1.29, 1.82) is 0 Å². The average molecular weight is 247 g/mol. The molecule has 0 atom stereocenters. The Morgan fingerprint density at radius 1 is 1.28 bits per heavy atom. The number of nitrogens with zero attached hydrogens (tertiary/aromatic N) is 2. The predicted octanol–water partition coefficient (Wildman–Crippen LogP) is 2.46. The van der Waals surface area contributed by atoms with Crippen LogP contribution in [0.3, 0.4) is 0 Å². The summed E-state index contributed by atoms with van der Waals surface area (Å²) in [5, 5.41) is 8.59. The van der Waals surface area contributed by atoms with Crippen molar-refractivity contribution < 1.29 is 4.74 Å². The number of likely N-dealkylation sites (N-methyl/N-ethyl adjacent to an activating group) is 1. The number of hydrogen-bond acceptors (Lipinski definition) is 3. The van der Waals surface area contributed by atoms with E-state index in [1.54, 1.807) is 7.11 Å². The van der Waals surface area contributed by atoms with E-state index < -0.39 is 0 Å². The first-order valence-electron chi connectivity index (χ1n) is 6.52. The van der Waals surface area contributed by atoms with Gasteiger partial charge in [0.2, 0.25) is 0 Å². The molecule has 0 aliphatic heterocycles. The first-order valence-corrected chi connectivity index (χ1v) is 6.52. The van der Waals surface area contributed by atoms with E-state index in [1.165, 1.54) is 0 Å². The molecule has 98 valence electrons. The van der Waals surface area contributed by atoms with E-state index in [2.05, 4.69) is 28.9 Å². The second-order valence-electron chi connectivity index (χ2n) is 4.33. The molecule has 0 unspecified atom stereocenters. The second-order valence-corrected chi connectivity index (χ2v) is 4.33. The highest BCUT2D eigenvalue weighted by atomic mass is 16.5. The van der Waals surface area contributed by atoms with Crippen molar-refractivity contribution in [1.82, 2.24) is 15.1 Å². The molecule has 0 aliphatic carbocycles. The number of benzene rings is 1. The molecule has 0 saturated heterocycles. The smallest absolute Gasteiger partial charge is 0.130 e. The summed E-state index contributed by atoms with van der Waals surface area (Å²) in [6.45, 7) is 7.59. The van der Waals surface area contributed by atoms with Crippen LogP contribution in [-0.4, -0.2) is 41.8 Å². The fourth-order valence-electron chi connectivity index (χ4n) is 2.26. The molecule has 1 aromatic carbocycles. The van der Waals surface area contributed by atoms with Crippen molar-refractivity contribution in [3.05, 3.63) is 23.9 Å². The molecule has 0 amide bonds. The lowest BCUT2D eigenvalue weighted by molar-refractivity contribution is 0.307. The predicted molar refractivity (Wildman–Crippen MR) is 74.1 cm³/mol. The van der Waals surface area contributed by atoms with Gasteiger partial charge in [-0.25, -0.2) is 0 Å². The second kappa shape index (κ2) is 5.87. The number of hydrogen-bond donors (Lipinski definition) is 1. The summed E-state index contributed by atoms with van der Waals surface area (Å²) < 4.78 is 5.41. The van der Waals surface area contributed by atoms with Gasteiger partial charge < -0.3 is 9.64 Å². The van der Waals surface area contributed by atoms with Crippen molar-refractivity contribution in [3.63, 3.8) is 0 Å². The van der Waals surface area contributed by atoms with Crippen molar-refractivity contribution in [3.8, 4) is 5.75 Å². The van der Waals surface area contributed by atoms with E-state index in [4.69, 9.17) is 4.74 Å². The minimum Gasteiger partial charge on any atom is -0.496 e. The molecule has 0 aliphatic rings. The van der Waals surface area contributed by atoms with E-state index in [1.807, 2.05) is 18.2 Å². The molecular formula is C14H21N3O. The van der Waals surface area contributed by atoms with Gasteiger partial charge in [0.25, 0.3) is 0 Å². The number of rotatable bonds is 6. The Morgan fingerprint density at radius 2 is 2.06 bits per heavy atom. The summed E-state index contributed by atoms with van der Waals surface area (Å²) in [7, 11) is 1.70. The van der Waals surface area contributed by atoms with Gasteiger partial charge >= 0.3 is 0 Å². The number of methoxy groups -OCH3 is 1. The van der Waals surface area contributed by atoms with Crippen LogP contribution >= 0.6 is 0 Å². The molecule has 0 spiro atoms. The number of ether oxygens (including phenoxy) is 1. The zero-order valence-electron chi connectivity index (χ0n) is 11.4. The van der Waals surface area contributed by atoms with Gasteiger partial charge in [0.1, 0.15) is 5.75 Å². The van der Waals surface area contributed by atoms with Gasteiger partial charge in [0.15, 0.2) is 0 Å². The molecular weight excluding hydrogens is 226 g/mol. The molecule has 2 aromatic rings. The first-order chi connectivity index (χ1) is 8.80. The molecule has 1 aromatic heterocycles. The number of aromatic nitrogens is 2. The van der Waals surface area contributed by atoms with Gasteiger partial charge in [-0.2, -0.15) is 5.10 Å². The molecule has 0 fully saturated rings. The Hall–Kier alpha value is -1.55. The molecule has 2 rings (SSSR count). The summed E-state index contributed by atoms with van der Waals surface area (Å²) in [5.41, 5.74) is 2.14. The van der Waals surface area contributed by atoms with Crippen LogP contribution in [0.2, 0.25) is 0 Å². The maximum Gasteiger partial charge on any atom is 0.130 e. The Balaban J connectivity index is 2.23. The van der Waals surface area contributed by atoms with Gasteiger partial charge in [-0.1, -0.05) is 19.9 Å². The van der Waals surface area contributed by atoms with Crippen LogP contribution in [0.4, 0.5) is 0 Å². The molecule has 4 heteroatoms. The molecule has 1 heterocycles. The molecule has 0 saturated carbocycles. The molecule has 4 nitrogen and oxygen atoms in total. The van der Waals surface area contributed by atoms with E-state index in [0.717, 1.165) is 48.4 Å². The summed E-state index contributed by atoms with van der Waals surface area (Å²) in [5.74, 6) is 0.899. The maximum absolute atomic E-state index is 5.41. The summed E-state index contributed by atoms with van der Waals surface area (Å²) in [6.07, 6.45) is 0.971. The number of fused-ring (bicyclic) bond motifs is 1. The molecule has 0 bridgehead atoms. The third-order valence-corrected chi connectivity index (χ3v) is 3.41. The lowest BCUT2D eigenvalue weighted by Gasteiger charge is -2.17. The summed E-state index contributed by atoms with van der Waals surface area (Å²) >= 11 is 0. The zero-order chi connectivity index (χ0) is 13.0. The van der Waals surface area contributed by atoms with Crippen molar-refractivity contribution >= 4 is 10.9 Å². The zero-order valence-corrected chi connectivity index (χ0v) is 11.4. The number of H-pyrrole nitrogens is 1. The molecule has 1 N–H and O–H groups in total. The van der Waals surface area contributed by atoms with Crippen LogP contribution in [0, 0.1) is 0 Å². The normalized spacial score (nSPS) is 11.3. The molecule has 18 heavy (non-hydrogen) atoms. The van der Waals surface area contributed by atoms with E-state index >= 15 is 0 Å². The fourth-order valence-corrected chi connectivity index (χ4v) is 2.26. The van der Waals surface area contributed by atoms with Crippen LogP contribution in [0.25, 0.3) is 10.9 Å². The summed E-state index contributed by atoms with van der Waals surface area (Å²) in [6, 6.07) is 5.96. The van der Waals surface area contributed by atoms with E-state index in [0.29, 0.717) is 0 Å². The molecule has 0 radical (unpaired) electrons. The van der Waals surface area contributed by atoms with Crippen LogP contribution < -0.4 is 4.74 Å². The third kappa shape index (κ3) is 2.48. The Morgan fingerprint density at radius 3 is 2.72 bits per heavy atom. The van der Waals surface area contributed by atoms with Crippen LogP contribution in [0.5, 0.6) is 5.75 Å². The maximum atomic E-state index is 5.41. The highest BCUT2D eigenvalue weighted by Gasteiger charge is 2.11. The lowest BCUT2D eigenvalue weighted by atomic mass is 10.1. The third-order valence-electron chi connectivity index (χ3n) is 3.41. The SMILES string of the molecule is CCN(CC)CCc1[nH]nc2cccc(OC)c12.